The molecule has 1 N–H and O–H groups in total. The molecular formula is C20H17BrN2O2. The van der Waals surface area contributed by atoms with Crippen LogP contribution < -0.4 is 10.1 Å². The Labute approximate surface area is 155 Å². The van der Waals surface area contributed by atoms with Crippen LogP contribution in [0.5, 0.6) is 5.75 Å². The monoisotopic (exact) mass is 396 g/mol. The zero-order valence-electron chi connectivity index (χ0n) is 13.5. The summed E-state index contributed by atoms with van der Waals surface area (Å²) in [6.07, 6.45) is 2.06. The number of amides is 1. The summed E-state index contributed by atoms with van der Waals surface area (Å²) < 4.78 is 6.72. The highest BCUT2D eigenvalue weighted by Gasteiger charge is 2.05. The number of nitrogens with zero attached hydrogens (tertiary/aromatic N) is 1. The molecule has 5 heteroatoms. The first-order valence-corrected chi connectivity index (χ1v) is 8.65. The molecule has 0 saturated heterocycles. The van der Waals surface area contributed by atoms with Crippen molar-refractivity contribution in [1.29, 1.82) is 0 Å². The van der Waals surface area contributed by atoms with Gasteiger partial charge >= 0.3 is 0 Å². The number of hydrogen-bond donors (Lipinski definition) is 1. The third kappa shape index (κ3) is 5.43. The van der Waals surface area contributed by atoms with E-state index < -0.39 is 0 Å². The number of rotatable bonds is 6. The third-order valence-corrected chi connectivity index (χ3v) is 4.04. The molecule has 25 heavy (non-hydrogen) atoms. The van der Waals surface area contributed by atoms with Crippen molar-refractivity contribution in [3.05, 3.63) is 88.7 Å². The van der Waals surface area contributed by atoms with Crippen LogP contribution >= 0.6 is 15.9 Å². The summed E-state index contributed by atoms with van der Waals surface area (Å²) in [6, 6.07) is 20.8. The highest BCUT2D eigenvalue weighted by Crippen LogP contribution is 2.19. The van der Waals surface area contributed by atoms with Crippen molar-refractivity contribution < 1.29 is 9.53 Å². The maximum atomic E-state index is 12.2. The van der Waals surface area contributed by atoms with Gasteiger partial charge in [-0.2, -0.15) is 0 Å². The number of carbonyl (C=O) groups excluding carboxylic acids is 1. The van der Waals surface area contributed by atoms with E-state index in [1.54, 1.807) is 6.20 Å². The Bertz CT molecular complexity index is 836. The zero-order chi connectivity index (χ0) is 17.5. The molecule has 0 unspecified atom stereocenters. The van der Waals surface area contributed by atoms with Gasteiger partial charge in [-0.05, 0) is 42.0 Å². The number of aromatic nitrogens is 1. The van der Waals surface area contributed by atoms with E-state index in [2.05, 4.69) is 26.2 Å². The average Bonchev–Trinajstić information content (AvgIpc) is 2.63. The smallest absolute Gasteiger partial charge is 0.228 e. The number of ether oxygens (including phenoxy) is 1. The highest BCUT2D eigenvalue weighted by atomic mass is 79.9. The maximum absolute atomic E-state index is 12.2. The molecular weight excluding hydrogens is 380 g/mol. The number of pyridine rings is 1. The van der Waals surface area contributed by atoms with Gasteiger partial charge in [0.25, 0.3) is 0 Å². The number of anilines is 1. The molecule has 0 bridgehead atoms. The molecule has 0 aliphatic heterocycles. The van der Waals surface area contributed by atoms with Crippen molar-refractivity contribution in [1.82, 2.24) is 4.98 Å². The molecule has 1 aromatic heterocycles. The molecule has 3 rings (SSSR count). The van der Waals surface area contributed by atoms with Gasteiger partial charge < -0.3 is 10.1 Å². The molecule has 0 radical (unpaired) electrons. The van der Waals surface area contributed by atoms with Crippen LogP contribution in [-0.2, 0) is 17.8 Å². The van der Waals surface area contributed by atoms with Gasteiger partial charge in [-0.1, -0.05) is 40.2 Å². The second-order valence-electron chi connectivity index (χ2n) is 5.49. The second kappa shape index (κ2) is 8.44. The van der Waals surface area contributed by atoms with E-state index in [0.29, 0.717) is 24.5 Å². The minimum absolute atomic E-state index is 0.0656. The summed E-state index contributed by atoms with van der Waals surface area (Å²) in [6.45, 7) is 0.386. The van der Waals surface area contributed by atoms with Gasteiger partial charge in [0.1, 0.15) is 12.4 Å². The quantitative estimate of drug-likeness (QED) is 0.661. The normalized spacial score (nSPS) is 10.3. The first kappa shape index (κ1) is 17.2. The third-order valence-electron chi connectivity index (χ3n) is 3.51. The van der Waals surface area contributed by atoms with Crippen molar-refractivity contribution >= 4 is 27.5 Å². The van der Waals surface area contributed by atoms with Crippen molar-refractivity contribution in [2.75, 3.05) is 5.32 Å². The first-order chi connectivity index (χ1) is 12.2. The minimum Gasteiger partial charge on any atom is -0.487 e. The predicted molar refractivity (Wildman–Crippen MR) is 101 cm³/mol. The molecule has 2 aromatic carbocycles. The second-order valence-corrected chi connectivity index (χ2v) is 6.40. The van der Waals surface area contributed by atoms with Crippen molar-refractivity contribution in [3.63, 3.8) is 0 Å². The van der Waals surface area contributed by atoms with Gasteiger partial charge in [0.05, 0.1) is 12.1 Å². The van der Waals surface area contributed by atoms with Crippen LogP contribution in [0, 0.1) is 0 Å². The SMILES string of the molecule is O=C(Cc1ccc(Br)cc1)Nc1cccc(OCc2ccccn2)c1. The van der Waals surface area contributed by atoms with Crippen LogP contribution in [0.25, 0.3) is 0 Å². The van der Waals surface area contributed by atoms with E-state index in [-0.39, 0.29) is 5.91 Å². The van der Waals surface area contributed by atoms with Crippen LogP contribution in [0.4, 0.5) is 5.69 Å². The Morgan fingerprint density at radius 3 is 2.64 bits per heavy atom. The molecule has 3 aromatic rings. The molecule has 0 aliphatic carbocycles. The van der Waals surface area contributed by atoms with E-state index in [1.807, 2.05) is 66.7 Å². The lowest BCUT2D eigenvalue weighted by atomic mass is 10.1. The molecule has 0 atom stereocenters. The van der Waals surface area contributed by atoms with E-state index >= 15 is 0 Å². The fourth-order valence-electron chi connectivity index (χ4n) is 2.30. The Balaban J connectivity index is 1.57. The van der Waals surface area contributed by atoms with Crippen LogP contribution in [0.3, 0.4) is 0 Å². The lowest BCUT2D eigenvalue weighted by Gasteiger charge is -2.09. The topological polar surface area (TPSA) is 51.2 Å². The molecule has 0 spiro atoms. The van der Waals surface area contributed by atoms with Crippen molar-refractivity contribution in [2.45, 2.75) is 13.0 Å². The van der Waals surface area contributed by atoms with E-state index in [0.717, 1.165) is 15.7 Å². The Hall–Kier alpha value is -2.66. The summed E-state index contributed by atoms with van der Waals surface area (Å²) in [7, 11) is 0. The maximum Gasteiger partial charge on any atom is 0.228 e. The van der Waals surface area contributed by atoms with Gasteiger partial charge in [0, 0.05) is 22.4 Å². The molecule has 126 valence electrons. The molecule has 0 fully saturated rings. The average molecular weight is 397 g/mol. The molecule has 1 amide bonds. The first-order valence-electron chi connectivity index (χ1n) is 7.86. The van der Waals surface area contributed by atoms with Crippen molar-refractivity contribution in [3.8, 4) is 5.75 Å². The molecule has 0 aliphatic rings. The Morgan fingerprint density at radius 1 is 1.04 bits per heavy atom. The van der Waals surface area contributed by atoms with Crippen LogP contribution in [0.1, 0.15) is 11.3 Å². The summed E-state index contributed by atoms with van der Waals surface area (Å²) in [5.41, 5.74) is 2.52. The van der Waals surface area contributed by atoms with Gasteiger partial charge in [-0.15, -0.1) is 0 Å². The lowest BCUT2D eigenvalue weighted by molar-refractivity contribution is -0.115. The number of nitrogens with one attached hydrogen (secondary N) is 1. The molecule has 1 heterocycles. The number of hydrogen-bond acceptors (Lipinski definition) is 3. The largest absolute Gasteiger partial charge is 0.487 e. The van der Waals surface area contributed by atoms with Crippen molar-refractivity contribution in [2.24, 2.45) is 0 Å². The fourth-order valence-corrected chi connectivity index (χ4v) is 2.56. The van der Waals surface area contributed by atoms with Gasteiger partial charge in [0.2, 0.25) is 5.91 Å². The lowest BCUT2D eigenvalue weighted by Crippen LogP contribution is -2.14. The van der Waals surface area contributed by atoms with Gasteiger partial charge in [-0.3, -0.25) is 9.78 Å². The molecule has 4 nitrogen and oxygen atoms in total. The minimum atomic E-state index is -0.0656. The van der Waals surface area contributed by atoms with Crippen LogP contribution in [0.15, 0.2) is 77.4 Å². The number of carbonyl (C=O) groups is 1. The van der Waals surface area contributed by atoms with E-state index in [9.17, 15) is 4.79 Å². The highest BCUT2D eigenvalue weighted by molar-refractivity contribution is 9.10. The Morgan fingerprint density at radius 2 is 1.88 bits per heavy atom. The number of benzene rings is 2. The predicted octanol–water partition coefficient (Wildman–Crippen LogP) is 4.60. The summed E-state index contributed by atoms with van der Waals surface area (Å²) in [5.74, 6) is 0.622. The zero-order valence-corrected chi connectivity index (χ0v) is 15.1. The Kier molecular flexibility index (Phi) is 5.80. The standard InChI is InChI=1S/C20H17BrN2O2/c21-16-9-7-15(8-10-16)12-20(24)23-17-5-3-6-19(13-17)25-14-18-4-1-2-11-22-18/h1-11,13H,12,14H2,(H,23,24). The molecule has 0 saturated carbocycles. The number of halogens is 1. The summed E-state index contributed by atoms with van der Waals surface area (Å²) >= 11 is 3.39. The van der Waals surface area contributed by atoms with Crippen LogP contribution in [0.2, 0.25) is 0 Å². The van der Waals surface area contributed by atoms with Gasteiger partial charge in [-0.25, -0.2) is 0 Å². The van der Waals surface area contributed by atoms with E-state index in [1.165, 1.54) is 0 Å². The summed E-state index contributed by atoms with van der Waals surface area (Å²) in [4.78, 5) is 16.4. The van der Waals surface area contributed by atoms with Gasteiger partial charge in [0.15, 0.2) is 0 Å². The van der Waals surface area contributed by atoms with E-state index in [4.69, 9.17) is 4.74 Å². The summed E-state index contributed by atoms with van der Waals surface area (Å²) in [5, 5.41) is 2.90. The van der Waals surface area contributed by atoms with Crippen LogP contribution in [-0.4, -0.2) is 10.9 Å². The fraction of sp³-hybridized carbons (Fsp3) is 0.100.